The van der Waals surface area contributed by atoms with E-state index in [0.717, 1.165) is 22.3 Å². The Bertz CT molecular complexity index is 3090. The standard InChI is InChI=1S/C23H12FN5.C21H22BN3O2.C8H2BrFN2/c24-20-18(13-25)11-17(12-19(20)14-26)23-28-21(15-7-3-1-4-8-15)27-22(29-23)16-9-5-2-6-10-16;1-20(2)21(3,4)27-22(26-20)19-24-17(15-11-7-5-8-12-15)23-18(25-19)16-13-9-6-10-14-16;9-7-1-5(3-11)8(10)6(2-7)4-12/h1-12H;5-14H,1-4H3;1-2H. The second-order valence-electron chi connectivity index (χ2n) is 15.8. The Morgan fingerprint density at radius 1 is 0.426 bits per heavy atom. The van der Waals surface area contributed by atoms with Crippen LogP contribution in [0.2, 0.25) is 0 Å². The molecule has 0 spiro atoms. The summed E-state index contributed by atoms with van der Waals surface area (Å²) in [6, 6.07) is 50.7. The Hall–Kier alpha value is -8.38. The Labute approximate surface area is 400 Å². The summed E-state index contributed by atoms with van der Waals surface area (Å²) in [7, 11) is -0.636. The summed E-state index contributed by atoms with van der Waals surface area (Å²) in [6.07, 6.45) is 0. The van der Waals surface area contributed by atoms with Crippen molar-refractivity contribution in [2.24, 2.45) is 0 Å². The highest BCUT2D eigenvalue weighted by atomic mass is 79.9. The third kappa shape index (κ3) is 10.8. The Balaban J connectivity index is 0.000000163. The fraction of sp³-hybridized carbons (Fsp3) is 0.115. The zero-order chi connectivity index (χ0) is 48.4. The molecule has 0 saturated carbocycles. The fourth-order valence-corrected chi connectivity index (χ4v) is 6.94. The second kappa shape index (κ2) is 20.9. The van der Waals surface area contributed by atoms with Gasteiger partial charge in [0.15, 0.2) is 46.5 Å². The molecule has 1 aliphatic rings. The maximum absolute atomic E-state index is 14.2. The van der Waals surface area contributed by atoms with Gasteiger partial charge in [-0.15, -0.1) is 0 Å². The molecule has 330 valence electrons. The summed E-state index contributed by atoms with van der Waals surface area (Å²) in [6.45, 7) is 8.07. The predicted octanol–water partition coefficient (Wildman–Crippen LogP) is 10.6. The quantitative estimate of drug-likeness (QED) is 0.144. The zero-order valence-electron chi connectivity index (χ0n) is 36.9. The van der Waals surface area contributed by atoms with Crippen molar-refractivity contribution in [2.45, 2.75) is 38.9 Å². The van der Waals surface area contributed by atoms with Crippen molar-refractivity contribution >= 4 is 28.8 Å². The van der Waals surface area contributed by atoms with E-state index in [1.807, 2.05) is 149 Å². The molecule has 9 rings (SSSR count). The maximum atomic E-state index is 14.2. The summed E-state index contributed by atoms with van der Waals surface area (Å²) in [5, 5.41) is 35.3. The summed E-state index contributed by atoms with van der Waals surface area (Å²) in [4.78, 5) is 27.6. The lowest BCUT2D eigenvalue weighted by molar-refractivity contribution is 0.00578. The number of rotatable bonds is 6. The molecule has 2 aromatic heterocycles. The van der Waals surface area contributed by atoms with E-state index in [-0.39, 0.29) is 28.1 Å². The van der Waals surface area contributed by atoms with Gasteiger partial charge in [-0.3, -0.25) is 0 Å². The number of hydrogen-bond acceptors (Lipinski definition) is 12. The van der Waals surface area contributed by atoms with Crippen LogP contribution in [0.3, 0.4) is 0 Å². The Morgan fingerprint density at radius 3 is 0.985 bits per heavy atom. The number of benzene rings is 6. The van der Waals surface area contributed by atoms with Crippen LogP contribution in [-0.2, 0) is 9.31 Å². The van der Waals surface area contributed by atoms with Crippen LogP contribution in [0.4, 0.5) is 8.78 Å². The molecule has 1 saturated heterocycles. The molecule has 68 heavy (non-hydrogen) atoms. The lowest BCUT2D eigenvalue weighted by Crippen LogP contribution is -2.41. The third-order valence-electron chi connectivity index (χ3n) is 10.7. The van der Waals surface area contributed by atoms with Gasteiger partial charge in [0, 0.05) is 32.3 Å². The largest absolute Gasteiger partial charge is 0.534 e. The van der Waals surface area contributed by atoms with E-state index in [2.05, 4.69) is 45.8 Å². The SMILES string of the molecule is CC1(C)OB(c2nc(-c3ccccc3)nc(-c3ccccc3)n2)OC1(C)C.N#Cc1cc(-c2nc(-c3ccccc3)nc(-c3ccccc3)n2)cc(C#N)c1F.N#Cc1cc(Br)cc(C#N)c1F. The van der Waals surface area contributed by atoms with E-state index in [9.17, 15) is 19.3 Å². The Kier molecular flexibility index (Phi) is 14.6. The van der Waals surface area contributed by atoms with Crippen molar-refractivity contribution in [1.82, 2.24) is 29.9 Å². The van der Waals surface area contributed by atoms with Gasteiger partial charge in [0.05, 0.1) is 33.5 Å². The predicted molar refractivity (Wildman–Crippen MR) is 255 cm³/mol. The van der Waals surface area contributed by atoms with E-state index in [4.69, 9.17) is 19.8 Å². The average Bonchev–Trinajstić information content (AvgIpc) is 3.61. The number of nitriles is 4. The average molecular weight is 962 g/mol. The number of aromatic nitrogens is 6. The second-order valence-corrected chi connectivity index (χ2v) is 16.8. The van der Waals surface area contributed by atoms with Gasteiger partial charge in [-0.1, -0.05) is 137 Å². The van der Waals surface area contributed by atoms with Crippen LogP contribution >= 0.6 is 15.9 Å². The molecule has 1 fully saturated rings. The van der Waals surface area contributed by atoms with Crippen molar-refractivity contribution < 1.29 is 18.1 Å². The summed E-state index contributed by atoms with van der Waals surface area (Å²) in [5.41, 5.74) is 2.66. The molecule has 12 nitrogen and oxygen atoms in total. The highest BCUT2D eigenvalue weighted by Gasteiger charge is 2.53. The zero-order valence-corrected chi connectivity index (χ0v) is 38.4. The minimum atomic E-state index is -0.848. The van der Waals surface area contributed by atoms with Crippen molar-refractivity contribution in [1.29, 1.82) is 21.0 Å². The van der Waals surface area contributed by atoms with Crippen molar-refractivity contribution in [3.05, 3.63) is 184 Å². The van der Waals surface area contributed by atoms with E-state index >= 15 is 0 Å². The highest BCUT2D eigenvalue weighted by molar-refractivity contribution is 9.10. The molecular weight excluding hydrogens is 925 g/mol. The van der Waals surface area contributed by atoms with Crippen molar-refractivity contribution in [3.63, 3.8) is 0 Å². The van der Waals surface area contributed by atoms with Crippen LogP contribution in [-0.4, -0.2) is 48.2 Å². The molecule has 0 unspecified atom stereocenters. The van der Waals surface area contributed by atoms with Gasteiger partial charge in [-0.2, -0.15) is 21.0 Å². The van der Waals surface area contributed by atoms with Crippen molar-refractivity contribution in [3.8, 4) is 81.2 Å². The van der Waals surface area contributed by atoms with Crippen LogP contribution < -0.4 is 5.72 Å². The molecular formula is C52H36BBrF2N10O2. The van der Waals surface area contributed by atoms with Gasteiger partial charge in [-0.05, 0) is 52.0 Å². The molecule has 1 aliphatic heterocycles. The molecule has 0 radical (unpaired) electrons. The third-order valence-corrected chi connectivity index (χ3v) is 11.2. The summed E-state index contributed by atoms with van der Waals surface area (Å²) < 4.78 is 40.0. The van der Waals surface area contributed by atoms with Gasteiger partial charge in [0.2, 0.25) is 0 Å². The van der Waals surface area contributed by atoms with E-state index < -0.39 is 30.0 Å². The lowest BCUT2D eigenvalue weighted by atomic mass is 9.89. The molecule has 8 aromatic rings. The minimum Gasteiger partial charge on any atom is -0.397 e. The van der Waals surface area contributed by atoms with Crippen LogP contribution in [0.15, 0.2) is 150 Å². The van der Waals surface area contributed by atoms with Crippen LogP contribution in [0.25, 0.3) is 56.9 Å². The number of nitrogens with zero attached hydrogens (tertiary/aromatic N) is 10. The van der Waals surface area contributed by atoms with E-state index in [1.54, 1.807) is 24.3 Å². The van der Waals surface area contributed by atoms with Crippen LogP contribution in [0.5, 0.6) is 0 Å². The lowest BCUT2D eigenvalue weighted by Gasteiger charge is -2.32. The highest BCUT2D eigenvalue weighted by Crippen LogP contribution is 2.36. The van der Waals surface area contributed by atoms with E-state index in [0.29, 0.717) is 39.1 Å². The normalized spacial score (nSPS) is 13.0. The van der Waals surface area contributed by atoms with Gasteiger partial charge >= 0.3 is 7.12 Å². The van der Waals surface area contributed by atoms with Gasteiger partial charge in [0.1, 0.15) is 24.3 Å². The topological polar surface area (TPSA) is 191 Å². The molecule has 0 N–H and O–H groups in total. The molecule has 0 atom stereocenters. The first kappa shape index (κ1) is 47.6. The summed E-state index contributed by atoms with van der Waals surface area (Å²) in [5.74, 6) is 0.739. The molecule has 6 aromatic carbocycles. The first-order valence-corrected chi connectivity index (χ1v) is 21.6. The Morgan fingerprint density at radius 2 is 0.691 bits per heavy atom. The maximum Gasteiger partial charge on any atom is 0.534 e. The molecule has 0 bridgehead atoms. The van der Waals surface area contributed by atoms with Crippen LogP contribution in [0.1, 0.15) is 49.9 Å². The molecule has 3 heterocycles. The first-order chi connectivity index (χ1) is 32.7. The van der Waals surface area contributed by atoms with Crippen LogP contribution in [0, 0.1) is 57.0 Å². The van der Waals surface area contributed by atoms with Gasteiger partial charge in [0.25, 0.3) is 0 Å². The fourth-order valence-electron chi connectivity index (χ4n) is 6.48. The first-order valence-electron chi connectivity index (χ1n) is 20.8. The smallest absolute Gasteiger partial charge is 0.397 e. The number of hydrogen-bond donors (Lipinski definition) is 0. The molecule has 0 amide bonds. The van der Waals surface area contributed by atoms with Gasteiger partial charge in [-0.25, -0.2) is 38.7 Å². The monoisotopic (exact) mass is 960 g/mol. The number of halogens is 3. The molecule has 0 aliphatic carbocycles. The molecule has 16 heteroatoms. The summed E-state index contributed by atoms with van der Waals surface area (Å²) >= 11 is 3.06. The minimum absolute atomic E-state index is 0.124. The van der Waals surface area contributed by atoms with E-state index in [1.165, 1.54) is 24.3 Å². The van der Waals surface area contributed by atoms with Gasteiger partial charge < -0.3 is 9.31 Å². The van der Waals surface area contributed by atoms with Crippen molar-refractivity contribution in [2.75, 3.05) is 0 Å².